The number of benzene rings is 2. The zero-order chi connectivity index (χ0) is 19.8. The Kier molecular flexibility index (Phi) is 8.98. The lowest BCUT2D eigenvalue weighted by atomic mass is 10.1. The van der Waals surface area contributed by atoms with Crippen molar-refractivity contribution in [1.82, 2.24) is 15.6 Å². The first-order chi connectivity index (χ1) is 13.7. The number of aliphatic imine (C=N–C) groups is 1. The third kappa shape index (κ3) is 6.77. The van der Waals surface area contributed by atoms with Crippen LogP contribution >= 0.6 is 24.0 Å². The maximum Gasteiger partial charge on any atom is 0.191 e. The number of guanidine groups is 1. The van der Waals surface area contributed by atoms with Crippen molar-refractivity contribution in [3.05, 3.63) is 89.6 Å². The molecule has 0 spiro atoms. The highest BCUT2D eigenvalue weighted by Gasteiger charge is 2.05. The average Bonchev–Trinajstić information content (AvgIpc) is 2.74. The molecule has 0 aliphatic rings. The summed E-state index contributed by atoms with van der Waals surface area (Å²) in [5.74, 6) is -0.246. The minimum absolute atomic E-state index is 0. The molecule has 0 aliphatic carbocycles. The molecule has 0 fully saturated rings. The summed E-state index contributed by atoms with van der Waals surface area (Å²) in [6.07, 6.45) is 2.13. The van der Waals surface area contributed by atoms with Crippen LogP contribution in [0.5, 0.6) is 0 Å². The molecule has 152 valence electrons. The van der Waals surface area contributed by atoms with Crippen molar-refractivity contribution in [3.8, 4) is 11.3 Å². The molecule has 3 rings (SSSR count). The van der Waals surface area contributed by atoms with Gasteiger partial charge in [0, 0.05) is 31.9 Å². The second-order valence-electron chi connectivity index (χ2n) is 6.25. The summed E-state index contributed by atoms with van der Waals surface area (Å²) in [4.78, 5) is 8.54. The van der Waals surface area contributed by atoms with Gasteiger partial charge in [-0.15, -0.1) is 24.0 Å². The SMILES string of the molecule is CN=C(NCCc1cc(F)ccc1F)NCc1cccc(-c2ccccn2)c1.I. The van der Waals surface area contributed by atoms with Gasteiger partial charge in [0.15, 0.2) is 5.96 Å². The van der Waals surface area contributed by atoms with Crippen LogP contribution in [-0.4, -0.2) is 24.5 Å². The zero-order valence-electron chi connectivity index (χ0n) is 16.0. The van der Waals surface area contributed by atoms with Crippen molar-refractivity contribution in [1.29, 1.82) is 0 Å². The van der Waals surface area contributed by atoms with E-state index >= 15 is 0 Å². The smallest absolute Gasteiger partial charge is 0.191 e. The molecule has 2 N–H and O–H groups in total. The van der Waals surface area contributed by atoms with E-state index in [-0.39, 0.29) is 24.0 Å². The molecule has 0 atom stereocenters. The Morgan fingerprint density at radius 1 is 1.00 bits per heavy atom. The largest absolute Gasteiger partial charge is 0.356 e. The van der Waals surface area contributed by atoms with Crippen LogP contribution in [0.2, 0.25) is 0 Å². The summed E-state index contributed by atoms with van der Waals surface area (Å²) in [7, 11) is 1.67. The zero-order valence-corrected chi connectivity index (χ0v) is 18.4. The molecule has 0 bridgehead atoms. The topological polar surface area (TPSA) is 49.3 Å². The van der Waals surface area contributed by atoms with E-state index in [1.165, 1.54) is 6.07 Å². The van der Waals surface area contributed by atoms with Crippen molar-refractivity contribution in [2.75, 3.05) is 13.6 Å². The van der Waals surface area contributed by atoms with Crippen LogP contribution in [0.15, 0.2) is 71.9 Å². The standard InChI is InChI=1S/C22H22F2N4.HI/c1-25-22(27-12-10-17-14-19(23)8-9-20(17)24)28-15-16-5-4-6-18(13-16)21-7-2-3-11-26-21;/h2-9,11,13-14H,10,12,15H2,1H3,(H2,25,27,28);1H. The van der Waals surface area contributed by atoms with Gasteiger partial charge in [0.25, 0.3) is 0 Å². The van der Waals surface area contributed by atoms with Gasteiger partial charge in [-0.3, -0.25) is 9.98 Å². The Labute approximate surface area is 186 Å². The molecule has 2 aromatic carbocycles. The van der Waals surface area contributed by atoms with Gasteiger partial charge in [0.05, 0.1) is 5.69 Å². The van der Waals surface area contributed by atoms with Gasteiger partial charge >= 0.3 is 0 Å². The molecule has 0 saturated heterocycles. The quantitative estimate of drug-likeness (QED) is 0.292. The lowest BCUT2D eigenvalue weighted by Gasteiger charge is -2.13. The molecule has 3 aromatic rings. The Morgan fingerprint density at radius 3 is 2.62 bits per heavy atom. The number of halogens is 3. The number of nitrogens with zero attached hydrogens (tertiary/aromatic N) is 2. The lowest BCUT2D eigenvalue weighted by Crippen LogP contribution is -2.37. The first-order valence-electron chi connectivity index (χ1n) is 9.04. The van der Waals surface area contributed by atoms with E-state index in [9.17, 15) is 8.78 Å². The highest BCUT2D eigenvalue weighted by Crippen LogP contribution is 2.17. The third-order valence-corrected chi connectivity index (χ3v) is 4.27. The Bertz CT molecular complexity index is 949. The summed E-state index contributed by atoms with van der Waals surface area (Å²) < 4.78 is 26.9. The minimum atomic E-state index is -0.438. The molecule has 1 aromatic heterocycles. The second kappa shape index (κ2) is 11.5. The molecule has 7 heteroatoms. The van der Waals surface area contributed by atoms with Gasteiger partial charge in [-0.2, -0.15) is 0 Å². The molecule has 0 saturated carbocycles. The van der Waals surface area contributed by atoms with Crippen LogP contribution in [-0.2, 0) is 13.0 Å². The third-order valence-electron chi connectivity index (χ3n) is 4.27. The predicted molar refractivity (Wildman–Crippen MR) is 123 cm³/mol. The van der Waals surface area contributed by atoms with Gasteiger partial charge in [0.2, 0.25) is 0 Å². The minimum Gasteiger partial charge on any atom is -0.356 e. The number of aromatic nitrogens is 1. The second-order valence-corrected chi connectivity index (χ2v) is 6.25. The number of hydrogen-bond donors (Lipinski definition) is 2. The van der Waals surface area contributed by atoms with Crippen LogP contribution in [0, 0.1) is 11.6 Å². The molecule has 0 unspecified atom stereocenters. The highest BCUT2D eigenvalue weighted by molar-refractivity contribution is 14.0. The van der Waals surface area contributed by atoms with Crippen LogP contribution in [0.1, 0.15) is 11.1 Å². The first-order valence-corrected chi connectivity index (χ1v) is 9.04. The first kappa shape index (κ1) is 22.7. The van der Waals surface area contributed by atoms with E-state index in [2.05, 4.69) is 26.7 Å². The monoisotopic (exact) mass is 508 g/mol. The van der Waals surface area contributed by atoms with Crippen LogP contribution < -0.4 is 10.6 Å². The molecule has 1 heterocycles. The van der Waals surface area contributed by atoms with Gasteiger partial charge in [-0.05, 0) is 53.9 Å². The van der Waals surface area contributed by atoms with E-state index in [1.54, 1.807) is 13.2 Å². The summed E-state index contributed by atoms with van der Waals surface area (Å²) >= 11 is 0. The van der Waals surface area contributed by atoms with Gasteiger partial charge in [0.1, 0.15) is 11.6 Å². The number of pyridine rings is 1. The molecular weight excluding hydrogens is 485 g/mol. The Morgan fingerprint density at radius 2 is 1.86 bits per heavy atom. The molecular formula is C22H23F2IN4. The summed E-state index contributed by atoms with van der Waals surface area (Å²) in [6, 6.07) is 17.4. The van der Waals surface area contributed by atoms with Gasteiger partial charge in [-0.1, -0.05) is 24.3 Å². The average molecular weight is 508 g/mol. The fourth-order valence-corrected chi connectivity index (χ4v) is 2.83. The number of nitrogens with one attached hydrogen (secondary N) is 2. The van der Waals surface area contributed by atoms with Crippen molar-refractivity contribution < 1.29 is 8.78 Å². The summed E-state index contributed by atoms with van der Waals surface area (Å²) in [5, 5.41) is 6.35. The Balaban J connectivity index is 0.00000300. The molecule has 0 amide bonds. The van der Waals surface area contributed by atoms with E-state index in [1.807, 2.05) is 36.4 Å². The fraction of sp³-hybridized carbons (Fsp3) is 0.182. The highest BCUT2D eigenvalue weighted by atomic mass is 127. The normalized spacial score (nSPS) is 10.9. The van der Waals surface area contributed by atoms with Gasteiger partial charge < -0.3 is 10.6 Å². The molecule has 4 nitrogen and oxygen atoms in total. The number of rotatable bonds is 6. The van der Waals surface area contributed by atoms with Crippen molar-refractivity contribution in [2.45, 2.75) is 13.0 Å². The molecule has 29 heavy (non-hydrogen) atoms. The Hall–Kier alpha value is -2.55. The summed E-state index contributed by atoms with van der Waals surface area (Å²) in [5.41, 5.74) is 3.39. The van der Waals surface area contributed by atoms with E-state index in [4.69, 9.17) is 0 Å². The van der Waals surface area contributed by atoms with Crippen molar-refractivity contribution >= 4 is 29.9 Å². The van der Waals surface area contributed by atoms with Crippen LogP contribution in [0.25, 0.3) is 11.3 Å². The number of hydrogen-bond acceptors (Lipinski definition) is 2. The van der Waals surface area contributed by atoms with Gasteiger partial charge in [-0.25, -0.2) is 8.78 Å². The lowest BCUT2D eigenvalue weighted by molar-refractivity contribution is 0.583. The van der Waals surface area contributed by atoms with Crippen molar-refractivity contribution in [3.63, 3.8) is 0 Å². The van der Waals surface area contributed by atoms with E-state index < -0.39 is 11.6 Å². The van der Waals surface area contributed by atoms with Crippen LogP contribution in [0.3, 0.4) is 0 Å². The summed E-state index contributed by atoms with van der Waals surface area (Å²) in [6.45, 7) is 1.02. The molecule has 0 radical (unpaired) electrons. The predicted octanol–water partition coefficient (Wildman–Crippen LogP) is 4.55. The maximum absolute atomic E-state index is 13.7. The van der Waals surface area contributed by atoms with E-state index in [0.29, 0.717) is 31.0 Å². The van der Waals surface area contributed by atoms with Crippen molar-refractivity contribution in [2.24, 2.45) is 4.99 Å². The fourth-order valence-electron chi connectivity index (χ4n) is 2.83. The van der Waals surface area contributed by atoms with Crippen LogP contribution in [0.4, 0.5) is 8.78 Å². The van der Waals surface area contributed by atoms with E-state index in [0.717, 1.165) is 29.0 Å². The molecule has 0 aliphatic heterocycles. The maximum atomic E-state index is 13.7.